The van der Waals surface area contributed by atoms with Crippen molar-refractivity contribution in [2.75, 3.05) is 10.8 Å². The zero-order valence-corrected chi connectivity index (χ0v) is 25.6. The lowest BCUT2D eigenvalue weighted by Crippen LogP contribution is -2.54. The molecule has 7 nitrogen and oxygen atoms in total. The number of hydrogen-bond donors (Lipinski definition) is 1. The Bertz CT molecular complexity index is 1430. The summed E-state index contributed by atoms with van der Waals surface area (Å²) in [6, 6.07) is 20.1. The molecular weight excluding hydrogens is 578 g/mol. The Morgan fingerprint density at radius 2 is 1.56 bits per heavy atom. The van der Waals surface area contributed by atoms with Crippen LogP contribution >= 0.6 is 15.9 Å². The topological polar surface area (TPSA) is 86.8 Å². The van der Waals surface area contributed by atoms with Gasteiger partial charge in [0.25, 0.3) is 10.0 Å². The van der Waals surface area contributed by atoms with Gasteiger partial charge in [0.2, 0.25) is 11.8 Å². The van der Waals surface area contributed by atoms with E-state index in [9.17, 15) is 18.0 Å². The van der Waals surface area contributed by atoms with Gasteiger partial charge < -0.3 is 10.2 Å². The molecule has 3 aromatic rings. The van der Waals surface area contributed by atoms with E-state index in [1.54, 1.807) is 37.3 Å². The Kier molecular flexibility index (Phi) is 9.61. The number of sulfonamides is 1. The molecule has 1 N–H and O–H groups in total. The van der Waals surface area contributed by atoms with Crippen LogP contribution in [0.4, 0.5) is 5.69 Å². The van der Waals surface area contributed by atoms with Gasteiger partial charge in [0, 0.05) is 16.6 Å². The van der Waals surface area contributed by atoms with E-state index in [4.69, 9.17) is 0 Å². The first kappa shape index (κ1) is 30.4. The highest BCUT2D eigenvalue weighted by Gasteiger charge is 2.33. The predicted molar refractivity (Wildman–Crippen MR) is 159 cm³/mol. The van der Waals surface area contributed by atoms with Crippen molar-refractivity contribution in [1.82, 2.24) is 10.2 Å². The van der Waals surface area contributed by atoms with E-state index in [0.717, 1.165) is 25.5 Å². The molecule has 1 atom stereocenters. The largest absolute Gasteiger partial charge is 0.350 e. The van der Waals surface area contributed by atoms with Gasteiger partial charge in [-0.2, -0.15) is 0 Å². The summed E-state index contributed by atoms with van der Waals surface area (Å²) >= 11 is 3.46. The maximum atomic E-state index is 14.0. The van der Waals surface area contributed by atoms with Crippen LogP contribution < -0.4 is 9.62 Å². The van der Waals surface area contributed by atoms with Crippen LogP contribution in [0.1, 0.15) is 44.4 Å². The fraction of sp³-hybridized carbons (Fsp3) is 0.333. The first-order valence-corrected chi connectivity index (χ1v) is 14.9. The fourth-order valence-electron chi connectivity index (χ4n) is 4.04. The zero-order chi connectivity index (χ0) is 29.0. The minimum atomic E-state index is -4.09. The van der Waals surface area contributed by atoms with Gasteiger partial charge in [0.05, 0.1) is 10.6 Å². The van der Waals surface area contributed by atoms with Crippen molar-refractivity contribution < 1.29 is 18.0 Å². The zero-order valence-electron chi connectivity index (χ0n) is 23.2. The number of benzene rings is 3. The lowest BCUT2D eigenvalue weighted by Gasteiger charge is -2.33. The molecule has 0 aliphatic heterocycles. The standard InChI is InChI=1S/C30H36BrN3O4S/c1-21-13-15-27(16-14-21)39(37,38)34(26-12-7-9-22(2)17-26)20-28(35)33(19-24-10-8-11-25(31)18-24)23(3)29(36)32-30(4,5)6/h7-18,23H,19-20H2,1-6H3,(H,32,36)/t23-/m0/s1. The predicted octanol–water partition coefficient (Wildman–Crippen LogP) is 5.59. The highest BCUT2D eigenvalue weighted by Crippen LogP contribution is 2.26. The van der Waals surface area contributed by atoms with Crippen LogP contribution in [0.3, 0.4) is 0 Å². The van der Waals surface area contributed by atoms with Gasteiger partial charge in [-0.1, -0.05) is 57.9 Å². The van der Waals surface area contributed by atoms with Crippen molar-refractivity contribution in [1.29, 1.82) is 0 Å². The number of nitrogens with one attached hydrogen (secondary N) is 1. The van der Waals surface area contributed by atoms with Gasteiger partial charge in [-0.3, -0.25) is 13.9 Å². The first-order valence-electron chi connectivity index (χ1n) is 12.7. The molecule has 0 aliphatic carbocycles. The van der Waals surface area contributed by atoms with Crippen LogP contribution in [0.2, 0.25) is 0 Å². The van der Waals surface area contributed by atoms with Crippen LogP contribution in [0.15, 0.2) is 82.2 Å². The molecule has 2 amide bonds. The summed E-state index contributed by atoms with van der Waals surface area (Å²) in [4.78, 5) is 28.6. The van der Waals surface area contributed by atoms with Crippen LogP contribution in [0, 0.1) is 13.8 Å². The number of aryl methyl sites for hydroxylation is 2. The van der Waals surface area contributed by atoms with Crippen molar-refractivity contribution in [3.8, 4) is 0 Å². The summed E-state index contributed by atoms with van der Waals surface area (Å²) in [6.45, 7) is 10.7. The quantitative estimate of drug-likeness (QED) is 0.341. The Morgan fingerprint density at radius 1 is 0.923 bits per heavy atom. The number of amides is 2. The number of hydrogen-bond acceptors (Lipinski definition) is 4. The van der Waals surface area contributed by atoms with Gasteiger partial charge in [-0.15, -0.1) is 0 Å². The molecule has 3 rings (SSSR count). The normalized spacial score (nSPS) is 12.5. The molecule has 0 fully saturated rings. The van der Waals surface area contributed by atoms with Gasteiger partial charge in [0.15, 0.2) is 0 Å². The number of anilines is 1. The number of rotatable bonds is 9. The minimum Gasteiger partial charge on any atom is -0.350 e. The molecular formula is C30H36BrN3O4S. The van der Waals surface area contributed by atoms with Crippen molar-refractivity contribution in [2.24, 2.45) is 0 Å². The van der Waals surface area contributed by atoms with Crippen molar-refractivity contribution >= 4 is 43.5 Å². The molecule has 9 heteroatoms. The van der Waals surface area contributed by atoms with E-state index < -0.39 is 34.1 Å². The third kappa shape index (κ3) is 8.16. The van der Waals surface area contributed by atoms with Crippen molar-refractivity contribution in [3.05, 3.63) is 94.0 Å². The molecule has 0 heterocycles. The fourth-order valence-corrected chi connectivity index (χ4v) is 5.89. The third-order valence-corrected chi connectivity index (χ3v) is 8.37. The SMILES string of the molecule is Cc1ccc(S(=O)(=O)N(CC(=O)N(Cc2cccc(Br)c2)[C@@H](C)C(=O)NC(C)(C)C)c2cccc(C)c2)cc1. The number of halogens is 1. The maximum absolute atomic E-state index is 14.0. The van der Waals surface area contributed by atoms with Gasteiger partial charge in [-0.25, -0.2) is 8.42 Å². The lowest BCUT2D eigenvalue weighted by atomic mass is 10.1. The molecule has 0 aromatic heterocycles. The maximum Gasteiger partial charge on any atom is 0.264 e. The second kappa shape index (κ2) is 12.3. The smallest absolute Gasteiger partial charge is 0.264 e. The van der Waals surface area contributed by atoms with E-state index in [2.05, 4.69) is 21.2 Å². The molecule has 0 radical (unpaired) electrons. The van der Waals surface area contributed by atoms with Crippen LogP contribution in [-0.2, 0) is 26.2 Å². The molecule has 208 valence electrons. The van der Waals surface area contributed by atoms with Crippen LogP contribution in [0.5, 0.6) is 0 Å². The van der Waals surface area contributed by atoms with E-state index in [1.165, 1.54) is 17.0 Å². The monoisotopic (exact) mass is 613 g/mol. The van der Waals surface area contributed by atoms with E-state index in [-0.39, 0.29) is 17.3 Å². The van der Waals surface area contributed by atoms with Crippen molar-refractivity contribution in [2.45, 2.75) is 64.6 Å². The Morgan fingerprint density at radius 3 is 2.15 bits per heavy atom. The highest BCUT2D eigenvalue weighted by molar-refractivity contribution is 9.10. The molecule has 0 saturated carbocycles. The van der Waals surface area contributed by atoms with E-state index in [1.807, 2.05) is 65.0 Å². The second-order valence-electron chi connectivity index (χ2n) is 10.7. The summed E-state index contributed by atoms with van der Waals surface area (Å²) in [5, 5.41) is 2.93. The molecule has 0 saturated heterocycles. The summed E-state index contributed by atoms with van der Waals surface area (Å²) in [5.41, 5.74) is 2.45. The Labute approximate surface area is 240 Å². The average Bonchev–Trinajstić information content (AvgIpc) is 2.84. The molecule has 0 spiro atoms. The number of carbonyl (C=O) groups excluding carboxylic acids is 2. The van der Waals surface area contributed by atoms with E-state index in [0.29, 0.717) is 5.69 Å². The number of nitrogens with zero attached hydrogens (tertiary/aromatic N) is 2. The minimum absolute atomic E-state index is 0.0828. The van der Waals surface area contributed by atoms with Gasteiger partial charge in [0.1, 0.15) is 12.6 Å². The van der Waals surface area contributed by atoms with E-state index >= 15 is 0 Å². The first-order chi connectivity index (χ1) is 18.2. The van der Waals surface area contributed by atoms with Crippen LogP contribution in [-0.4, -0.2) is 43.3 Å². The van der Waals surface area contributed by atoms with Gasteiger partial charge in [-0.05, 0) is 89.1 Å². The van der Waals surface area contributed by atoms with Crippen LogP contribution in [0.25, 0.3) is 0 Å². The third-order valence-electron chi connectivity index (χ3n) is 6.08. The summed E-state index contributed by atoms with van der Waals surface area (Å²) in [7, 11) is -4.09. The van der Waals surface area contributed by atoms with Crippen molar-refractivity contribution in [3.63, 3.8) is 0 Å². The summed E-state index contributed by atoms with van der Waals surface area (Å²) < 4.78 is 29.7. The molecule has 39 heavy (non-hydrogen) atoms. The summed E-state index contributed by atoms with van der Waals surface area (Å²) in [6.07, 6.45) is 0. The Hall–Kier alpha value is -3.17. The average molecular weight is 615 g/mol. The molecule has 0 bridgehead atoms. The molecule has 0 aliphatic rings. The summed E-state index contributed by atoms with van der Waals surface area (Å²) in [5.74, 6) is -0.821. The highest BCUT2D eigenvalue weighted by atomic mass is 79.9. The Balaban J connectivity index is 2.04. The van der Waals surface area contributed by atoms with Gasteiger partial charge >= 0.3 is 0 Å². The molecule has 3 aromatic carbocycles. The number of carbonyl (C=O) groups is 2. The second-order valence-corrected chi connectivity index (χ2v) is 13.5. The lowest BCUT2D eigenvalue weighted by molar-refractivity contribution is -0.140. The molecule has 0 unspecified atom stereocenters.